The summed E-state index contributed by atoms with van der Waals surface area (Å²) in [6, 6.07) is 11.2. The van der Waals surface area contributed by atoms with Crippen LogP contribution >= 0.6 is 0 Å². The lowest BCUT2D eigenvalue weighted by atomic mass is 10.0. The van der Waals surface area contributed by atoms with Gasteiger partial charge in [0, 0.05) is 18.0 Å². The molecule has 24 heavy (non-hydrogen) atoms. The van der Waals surface area contributed by atoms with Gasteiger partial charge < -0.3 is 5.73 Å². The average molecular weight is 317 g/mol. The van der Waals surface area contributed by atoms with Crippen LogP contribution in [-0.4, -0.2) is 14.3 Å². The van der Waals surface area contributed by atoms with Crippen molar-refractivity contribution in [3.8, 4) is 6.07 Å². The first-order valence-electron chi connectivity index (χ1n) is 7.21. The normalized spacial score (nSPS) is 16.2. The van der Waals surface area contributed by atoms with Gasteiger partial charge in [0.2, 0.25) is 0 Å². The van der Waals surface area contributed by atoms with E-state index < -0.39 is 11.6 Å². The van der Waals surface area contributed by atoms with E-state index in [1.54, 1.807) is 48.8 Å². The van der Waals surface area contributed by atoms with Crippen LogP contribution in [0.4, 0.5) is 0 Å². The van der Waals surface area contributed by atoms with Gasteiger partial charge in [-0.1, -0.05) is 18.2 Å². The number of hydrogen-bond donors (Lipinski definition) is 1. The quantitative estimate of drug-likeness (QED) is 0.715. The third-order valence-corrected chi connectivity index (χ3v) is 4.15. The van der Waals surface area contributed by atoms with E-state index in [0.29, 0.717) is 10.9 Å². The smallest absolute Gasteiger partial charge is 0.279 e. The number of nitriles is 1. The van der Waals surface area contributed by atoms with Crippen molar-refractivity contribution in [2.45, 2.75) is 6.04 Å². The lowest BCUT2D eigenvalue weighted by Gasteiger charge is -2.16. The minimum absolute atomic E-state index is 0.0285. The number of fused-ring (bicyclic) bond motifs is 2. The molecule has 2 N–H and O–H groups in total. The SMILES string of the molecule is N#CC1=C(N)n2c(=O)c3ccccc3c(=O)n2C1c1cccnc1. The minimum Gasteiger partial charge on any atom is -0.383 e. The molecule has 0 fully saturated rings. The maximum Gasteiger partial charge on any atom is 0.279 e. The lowest BCUT2D eigenvalue weighted by Crippen LogP contribution is -2.38. The highest BCUT2D eigenvalue weighted by atomic mass is 16.2. The molecule has 0 bridgehead atoms. The number of nitrogens with two attached hydrogens (primary N) is 1. The Labute approximate surface area is 135 Å². The second kappa shape index (κ2) is 4.93. The van der Waals surface area contributed by atoms with E-state index in [1.807, 2.05) is 6.07 Å². The fraction of sp³-hybridized carbons (Fsp3) is 0.0588. The molecule has 2 aromatic heterocycles. The van der Waals surface area contributed by atoms with E-state index in [2.05, 4.69) is 4.98 Å². The Morgan fingerprint density at radius 1 is 1.08 bits per heavy atom. The van der Waals surface area contributed by atoms with Crippen LogP contribution in [0.1, 0.15) is 11.6 Å². The van der Waals surface area contributed by atoms with Gasteiger partial charge in [-0.2, -0.15) is 9.94 Å². The summed E-state index contributed by atoms with van der Waals surface area (Å²) in [5.41, 5.74) is 5.98. The van der Waals surface area contributed by atoms with Gasteiger partial charge in [-0.05, 0) is 18.2 Å². The van der Waals surface area contributed by atoms with E-state index in [-0.39, 0.29) is 22.3 Å². The number of aromatic nitrogens is 3. The molecule has 7 nitrogen and oxygen atoms in total. The highest BCUT2D eigenvalue weighted by Gasteiger charge is 2.34. The minimum atomic E-state index is -0.770. The van der Waals surface area contributed by atoms with Crippen LogP contribution in [0, 0.1) is 11.3 Å². The van der Waals surface area contributed by atoms with Crippen LogP contribution < -0.4 is 16.9 Å². The zero-order valence-corrected chi connectivity index (χ0v) is 12.4. The number of benzene rings is 1. The Bertz CT molecular complexity index is 1170. The molecule has 1 aliphatic heterocycles. The molecule has 4 rings (SSSR count). The molecule has 1 unspecified atom stereocenters. The Balaban J connectivity index is 2.19. The van der Waals surface area contributed by atoms with Gasteiger partial charge in [-0.15, -0.1) is 0 Å². The third-order valence-electron chi connectivity index (χ3n) is 4.15. The predicted molar refractivity (Wildman–Crippen MR) is 87.9 cm³/mol. The van der Waals surface area contributed by atoms with Gasteiger partial charge in [-0.3, -0.25) is 14.6 Å². The van der Waals surface area contributed by atoms with Crippen LogP contribution in [0.5, 0.6) is 0 Å². The van der Waals surface area contributed by atoms with Gasteiger partial charge in [0.1, 0.15) is 23.5 Å². The van der Waals surface area contributed by atoms with Crippen molar-refractivity contribution < 1.29 is 0 Å². The number of pyridine rings is 1. The fourth-order valence-electron chi connectivity index (χ4n) is 3.08. The van der Waals surface area contributed by atoms with Crippen LogP contribution in [0.15, 0.2) is 64.0 Å². The topological polar surface area (TPSA) is 107 Å². The van der Waals surface area contributed by atoms with E-state index in [4.69, 9.17) is 5.73 Å². The fourth-order valence-corrected chi connectivity index (χ4v) is 3.08. The van der Waals surface area contributed by atoms with Gasteiger partial charge in [0.25, 0.3) is 11.1 Å². The standard InChI is InChI=1S/C17H11N5O2/c18-8-13-14(10-4-3-7-20-9-10)21-16(23)11-5-1-2-6-12(11)17(24)22(21)15(13)19/h1-7,9,14H,19H2. The van der Waals surface area contributed by atoms with E-state index in [9.17, 15) is 14.9 Å². The summed E-state index contributed by atoms with van der Waals surface area (Å²) >= 11 is 0. The Morgan fingerprint density at radius 2 is 1.79 bits per heavy atom. The van der Waals surface area contributed by atoms with Crippen molar-refractivity contribution >= 4 is 16.6 Å². The number of allylic oxidation sites excluding steroid dienone is 1. The molecule has 0 spiro atoms. The highest BCUT2D eigenvalue weighted by Crippen LogP contribution is 2.31. The Kier molecular flexibility index (Phi) is 2.87. The molecule has 0 amide bonds. The summed E-state index contributed by atoms with van der Waals surface area (Å²) < 4.78 is 2.32. The molecule has 1 atom stereocenters. The Morgan fingerprint density at radius 3 is 2.42 bits per heavy atom. The van der Waals surface area contributed by atoms with Gasteiger partial charge in [0.15, 0.2) is 0 Å². The summed E-state index contributed by atoms with van der Waals surface area (Å²) in [4.78, 5) is 29.8. The average Bonchev–Trinajstić information content (AvgIpc) is 2.93. The van der Waals surface area contributed by atoms with E-state index >= 15 is 0 Å². The summed E-state index contributed by atoms with van der Waals surface area (Å²) in [5, 5.41) is 10.1. The molecule has 7 heteroatoms. The van der Waals surface area contributed by atoms with Gasteiger partial charge >= 0.3 is 0 Å². The van der Waals surface area contributed by atoms with Crippen molar-refractivity contribution in [3.05, 3.63) is 80.6 Å². The summed E-state index contributed by atoms with van der Waals surface area (Å²) in [6.07, 6.45) is 3.14. The van der Waals surface area contributed by atoms with Crippen molar-refractivity contribution in [2.24, 2.45) is 5.73 Å². The summed E-state index contributed by atoms with van der Waals surface area (Å²) in [7, 11) is 0. The second-order valence-corrected chi connectivity index (χ2v) is 5.41. The van der Waals surface area contributed by atoms with Crippen LogP contribution in [0.3, 0.4) is 0 Å². The summed E-state index contributed by atoms with van der Waals surface area (Å²) in [6.45, 7) is 0. The number of nitrogens with zero attached hydrogens (tertiary/aromatic N) is 4. The number of hydrogen-bond acceptors (Lipinski definition) is 5. The molecule has 116 valence electrons. The van der Waals surface area contributed by atoms with Gasteiger partial charge in [-0.25, -0.2) is 4.68 Å². The van der Waals surface area contributed by atoms with Crippen LogP contribution in [0.25, 0.3) is 16.6 Å². The van der Waals surface area contributed by atoms with Crippen molar-refractivity contribution in [1.29, 1.82) is 5.26 Å². The maximum atomic E-state index is 13.0. The third kappa shape index (κ3) is 1.68. The number of rotatable bonds is 1. The van der Waals surface area contributed by atoms with E-state index in [1.165, 1.54) is 4.68 Å². The molecule has 1 aromatic carbocycles. The molecule has 0 aliphatic carbocycles. The highest BCUT2D eigenvalue weighted by molar-refractivity contribution is 5.81. The Hall–Kier alpha value is -3.66. The molecule has 0 radical (unpaired) electrons. The first-order valence-corrected chi connectivity index (χ1v) is 7.21. The molecule has 3 heterocycles. The zero-order valence-electron chi connectivity index (χ0n) is 12.4. The first-order chi connectivity index (χ1) is 11.6. The molecule has 3 aromatic rings. The predicted octanol–water partition coefficient (Wildman–Crippen LogP) is 0.812. The van der Waals surface area contributed by atoms with Crippen LogP contribution in [-0.2, 0) is 0 Å². The van der Waals surface area contributed by atoms with E-state index in [0.717, 1.165) is 4.68 Å². The summed E-state index contributed by atoms with van der Waals surface area (Å²) in [5.74, 6) is -0.0285. The van der Waals surface area contributed by atoms with Crippen molar-refractivity contribution in [2.75, 3.05) is 0 Å². The molecular weight excluding hydrogens is 306 g/mol. The zero-order chi connectivity index (χ0) is 16.8. The second-order valence-electron chi connectivity index (χ2n) is 5.41. The largest absolute Gasteiger partial charge is 0.383 e. The first kappa shape index (κ1) is 14.0. The molecule has 1 aliphatic rings. The molecule has 0 saturated carbocycles. The van der Waals surface area contributed by atoms with Crippen molar-refractivity contribution in [1.82, 2.24) is 14.3 Å². The van der Waals surface area contributed by atoms with Crippen LogP contribution in [0.2, 0.25) is 0 Å². The molecule has 0 saturated heterocycles. The molecular formula is C17H11N5O2. The van der Waals surface area contributed by atoms with Gasteiger partial charge in [0.05, 0.1) is 10.8 Å². The monoisotopic (exact) mass is 317 g/mol. The van der Waals surface area contributed by atoms with Crippen molar-refractivity contribution in [3.63, 3.8) is 0 Å². The lowest BCUT2D eigenvalue weighted by molar-refractivity contribution is 0.538. The maximum absolute atomic E-state index is 13.0.